The van der Waals surface area contributed by atoms with Gasteiger partial charge in [-0.15, -0.1) is 11.8 Å². The Morgan fingerprint density at radius 2 is 1.95 bits per heavy atom. The van der Waals surface area contributed by atoms with Crippen LogP contribution < -0.4 is 10.5 Å². The molecule has 21 heavy (non-hydrogen) atoms. The fourth-order valence-corrected chi connectivity index (χ4v) is 2.98. The highest BCUT2D eigenvalue weighted by Crippen LogP contribution is 2.32. The number of carbonyl (C=O) groups is 1. The van der Waals surface area contributed by atoms with Crippen molar-refractivity contribution in [1.82, 2.24) is 0 Å². The highest BCUT2D eigenvalue weighted by Gasteiger charge is 2.08. The molecule has 110 valence electrons. The van der Waals surface area contributed by atoms with Crippen LogP contribution in [0.25, 0.3) is 0 Å². The summed E-state index contributed by atoms with van der Waals surface area (Å²) in [6.07, 6.45) is 0.0321. The van der Waals surface area contributed by atoms with Crippen molar-refractivity contribution in [3.63, 3.8) is 0 Å². The van der Waals surface area contributed by atoms with E-state index in [2.05, 4.69) is 0 Å². The second-order valence-corrected chi connectivity index (χ2v) is 5.55. The van der Waals surface area contributed by atoms with Crippen molar-refractivity contribution >= 4 is 23.4 Å². The number of ether oxygens (including phenoxy) is 1. The van der Waals surface area contributed by atoms with Crippen molar-refractivity contribution in [1.29, 1.82) is 0 Å². The molecular weight excluding hydrogens is 286 g/mol. The Morgan fingerprint density at radius 1 is 1.24 bits per heavy atom. The monoisotopic (exact) mass is 303 g/mol. The third kappa shape index (κ3) is 4.16. The SMILES string of the molecule is COc1ccc(N)c(SCc2ccccc2CC(=O)O)c1. The van der Waals surface area contributed by atoms with Gasteiger partial charge < -0.3 is 15.6 Å². The number of hydrogen-bond acceptors (Lipinski definition) is 4. The van der Waals surface area contributed by atoms with E-state index in [4.69, 9.17) is 15.6 Å². The molecule has 0 aliphatic rings. The van der Waals surface area contributed by atoms with Gasteiger partial charge in [-0.2, -0.15) is 0 Å². The molecule has 0 heterocycles. The summed E-state index contributed by atoms with van der Waals surface area (Å²) >= 11 is 1.57. The molecule has 0 bridgehead atoms. The molecule has 0 fully saturated rings. The van der Waals surface area contributed by atoms with Crippen molar-refractivity contribution in [3.05, 3.63) is 53.6 Å². The van der Waals surface area contributed by atoms with E-state index in [0.29, 0.717) is 11.4 Å². The Labute approximate surface area is 127 Å². The number of nitrogens with two attached hydrogens (primary N) is 1. The fraction of sp³-hybridized carbons (Fsp3) is 0.188. The molecule has 0 aliphatic carbocycles. The van der Waals surface area contributed by atoms with E-state index >= 15 is 0 Å². The van der Waals surface area contributed by atoms with Crippen LogP contribution in [-0.4, -0.2) is 18.2 Å². The largest absolute Gasteiger partial charge is 0.497 e. The first kappa shape index (κ1) is 15.3. The van der Waals surface area contributed by atoms with Gasteiger partial charge in [-0.3, -0.25) is 4.79 Å². The molecular formula is C16H17NO3S. The van der Waals surface area contributed by atoms with Gasteiger partial charge >= 0.3 is 5.97 Å². The van der Waals surface area contributed by atoms with Crippen LogP contribution in [0.4, 0.5) is 5.69 Å². The van der Waals surface area contributed by atoms with Gasteiger partial charge in [0.05, 0.1) is 13.5 Å². The maximum Gasteiger partial charge on any atom is 0.307 e. The summed E-state index contributed by atoms with van der Waals surface area (Å²) in [6.45, 7) is 0. The van der Waals surface area contributed by atoms with Crippen molar-refractivity contribution < 1.29 is 14.6 Å². The zero-order valence-electron chi connectivity index (χ0n) is 11.7. The van der Waals surface area contributed by atoms with Crippen molar-refractivity contribution in [3.8, 4) is 5.75 Å². The summed E-state index contributed by atoms with van der Waals surface area (Å²) in [5.74, 6) is 0.597. The molecule has 4 nitrogen and oxygen atoms in total. The van der Waals surface area contributed by atoms with Gasteiger partial charge in [0.15, 0.2) is 0 Å². The quantitative estimate of drug-likeness (QED) is 0.633. The van der Waals surface area contributed by atoms with Crippen molar-refractivity contribution in [2.24, 2.45) is 0 Å². The fourth-order valence-electron chi connectivity index (χ4n) is 1.96. The van der Waals surface area contributed by atoms with Gasteiger partial charge in [0, 0.05) is 16.3 Å². The van der Waals surface area contributed by atoms with Gasteiger partial charge in [0.25, 0.3) is 0 Å². The van der Waals surface area contributed by atoms with Crippen LogP contribution in [0, 0.1) is 0 Å². The van der Waals surface area contributed by atoms with Crippen LogP contribution in [0.2, 0.25) is 0 Å². The molecule has 0 amide bonds. The van der Waals surface area contributed by atoms with E-state index in [1.165, 1.54) is 0 Å². The molecule has 0 saturated heterocycles. The summed E-state index contributed by atoms with van der Waals surface area (Å²) in [7, 11) is 1.61. The second-order valence-electron chi connectivity index (χ2n) is 4.53. The molecule has 0 unspecified atom stereocenters. The predicted molar refractivity (Wildman–Crippen MR) is 84.7 cm³/mol. The Hall–Kier alpha value is -2.14. The van der Waals surface area contributed by atoms with E-state index in [9.17, 15) is 4.79 Å². The third-order valence-electron chi connectivity index (χ3n) is 3.06. The van der Waals surface area contributed by atoms with E-state index in [1.807, 2.05) is 42.5 Å². The van der Waals surface area contributed by atoms with Gasteiger partial charge in [-0.1, -0.05) is 24.3 Å². The van der Waals surface area contributed by atoms with Crippen LogP contribution >= 0.6 is 11.8 Å². The lowest BCUT2D eigenvalue weighted by atomic mass is 10.1. The number of carboxylic acids is 1. The van der Waals surface area contributed by atoms with Gasteiger partial charge in [-0.05, 0) is 29.3 Å². The minimum absolute atomic E-state index is 0.0321. The zero-order valence-corrected chi connectivity index (χ0v) is 12.5. The van der Waals surface area contributed by atoms with Gasteiger partial charge in [0.1, 0.15) is 5.75 Å². The molecule has 2 aromatic carbocycles. The van der Waals surface area contributed by atoms with Crippen molar-refractivity contribution in [2.75, 3.05) is 12.8 Å². The molecule has 0 aromatic heterocycles. The molecule has 2 rings (SSSR count). The topological polar surface area (TPSA) is 72.5 Å². The Balaban J connectivity index is 2.15. The van der Waals surface area contributed by atoms with Crippen LogP contribution in [0.5, 0.6) is 5.75 Å². The first-order valence-corrected chi connectivity index (χ1v) is 7.43. The summed E-state index contributed by atoms with van der Waals surface area (Å²) in [5.41, 5.74) is 8.49. The first-order valence-electron chi connectivity index (χ1n) is 6.45. The number of nitrogen functional groups attached to an aromatic ring is 1. The maximum absolute atomic E-state index is 10.9. The lowest BCUT2D eigenvalue weighted by molar-refractivity contribution is -0.136. The average Bonchev–Trinajstić information content (AvgIpc) is 2.47. The Morgan fingerprint density at radius 3 is 2.62 bits per heavy atom. The molecule has 0 saturated carbocycles. The van der Waals surface area contributed by atoms with Crippen molar-refractivity contribution in [2.45, 2.75) is 17.1 Å². The van der Waals surface area contributed by atoms with Crippen LogP contribution in [0.15, 0.2) is 47.4 Å². The zero-order chi connectivity index (χ0) is 15.2. The highest BCUT2D eigenvalue weighted by atomic mass is 32.2. The molecule has 5 heteroatoms. The molecule has 0 spiro atoms. The first-order chi connectivity index (χ1) is 10.1. The number of methoxy groups -OCH3 is 1. The maximum atomic E-state index is 10.9. The van der Waals surface area contributed by atoms with E-state index in [-0.39, 0.29) is 6.42 Å². The normalized spacial score (nSPS) is 10.3. The van der Waals surface area contributed by atoms with Crippen LogP contribution in [-0.2, 0) is 17.0 Å². The predicted octanol–water partition coefficient (Wildman–Crippen LogP) is 3.20. The minimum Gasteiger partial charge on any atom is -0.497 e. The van der Waals surface area contributed by atoms with Crippen LogP contribution in [0.1, 0.15) is 11.1 Å². The molecule has 2 aromatic rings. The average molecular weight is 303 g/mol. The molecule has 3 N–H and O–H groups in total. The standard InChI is InChI=1S/C16H17NO3S/c1-20-13-6-7-14(17)15(9-13)21-10-12-5-3-2-4-11(12)8-16(18)19/h2-7,9H,8,10,17H2,1H3,(H,18,19). The van der Waals surface area contributed by atoms with E-state index in [0.717, 1.165) is 21.8 Å². The molecule has 0 aliphatic heterocycles. The Bertz CT molecular complexity index is 643. The number of aliphatic carboxylic acids is 1. The minimum atomic E-state index is -0.826. The number of anilines is 1. The summed E-state index contributed by atoms with van der Waals surface area (Å²) in [5, 5.41) is 8.95. The highest BCUT2D eigenvalue weighted by molar-refractivity contribution is 7.98. The summed E-state index contributed by atoms with van der Waals surface area (Å²) in [6, 6.07) is 13.1. The number of hydrogen-bond donors (Lipinski definition) is 2. The molecule has 0 atom stereocenters. The number of rotatable bonds is 6. The lowest BCUT2D eigenvalue weighted by Crippen LogP contribution is -2.03. The number of thioether (sulfide) groups is 1. The third-order valence-corrected chi connectivity index (χ3v) is 4.18. The number of carboxylic acid groups (broad SMARTS) is 1. The van der Waals surface area contributed by atoms with E-state index in [1.54, 1.807) is 18.9 Å². The number of benzene rings is 2. The summed E-state index contributed by atoms with van der Waals surface area (Å²) in [4.78, 5) is 11.8. The lowest BCUT2D eigenvalue weighted by Gasteiger charge is -2.10. The van der Waals surface area contributed by atoms with E-state index < -0.39 is 5.97 Å². The smallest absolute Gasteiger partial charge is 0.307 e. The Kier molecular flexibility index (Phi) is 5.11. The summed E-state index contributed by atoms with van der Waals surface area (Å²) < 4.78 is 5.19. The molecule has 0 radical (unpaired) electrons. The van der Waals surface area contributed by atoms with Gasteiger partial charge in [0.2, 0.25) is 0 Å². The second kappa shape index (κ2) is 7.04. The van der Waals surface area contributed by atoms with Crippen LogP contribution in [0.3, 0.4) is 0 Å². The van der Waals surface area contributed by atoms with Gasteiger partial charge in [-0.25, -0.2) is 0 Å².